The van der Waals surface area contributed by atoms with Gasteiger partial charge < -0.3 is 10.2 Å². The highest BCUT2D eigenvalue weighted by atomic mass is 16.3. The highest BCUT2D eigenvalue weighted by molar-refractivity contribution is 5.18. The second-order valence-corrected chi connectivity index (χ2v) is 10.3. The molecule has 4 rings (SSSR count). The highest BCUT2D eigenvalue weighted by Crippen LogP contribution is 2.75. The van der Waals surface area contributed by atoms with Crippen molar-refractivity contribution in [2.45, 2.75) is 90.8 Å². The van der Waals surface area contributed by atoms with Crippen LogP contribution in [0.4, 0.5) is 0 Å². The Labute approximate surface area is 135 Å². The van der Waals surface area contributed by atoms with Gasteiger partial charge in [0.05, 0.1) is 11.7 Å². The first-order chi connectivity index (χ1) is 10.1. The van der Waals surface area contributed by atoms with E-state index in [0.717, 1.165) is 18.8 Å². The molecule has 126 valence electrons. The second-order valence-electron chi connectivity index (χ2n) is 10.3. The van der Waals surface area contributed by atoms with E-state index in [-0.39, 0.29) is 11.5 Å². The molecule has 2 N–H and O–H groups in total. The highest BCUT2D eigenvalue weighted by Gasteiger charge is 2.69. The fourth-order valence-corrected chi connectivity index (χ4v) is 7.79. The summed E-state index contributed by atoms with van der Waals surface area (Å²) >= 11 is 0. The van der Waals surface area contributed by atoms with E-state index < -0.39 is 5.60 Å². The van der Waals surface area contributed by atoms with E-state index in [0.29, 0.717) is 22.7 Å². The third-order valence-corrected chi connectivity index (χ3v) is 9.32. The summed E-state index contributed by atoms with van der Waals surface area (Å²) in [5.74, 6) is 1.97. The molecule has 2 bridgehead atoms. The van der Waals surface area contributed by atoms with Crippen LogP contribution in [0.5, 0.6) is 0 Å². The summed E-state index contributed by atoms with van der Waals surface area (Å²) in [5, 5.41) is 21.4. The lowest BCUT2D eigenvalue weighted by Crippen LogP contribution is -2.61. The Morgan fingerprint density at radius 1 is 0.864 bits per heavy atom. The van der Waals surface area contributed by atoms with Gasteiger partial charge in [0.25, 0.3) is 0 Å². The molecule has 7 atom stereocenters. The van der Waals surface area contributed by atoms with E-state index in [4.69, 9.17) is 0 Å². The number of hydrogen-bond donors (Lipinski definition) is 2. The van der Waals surface area contributed by atoms with Gasteiger partial charge in [0, 0.05) is 0 Å². The number of rotatable bonds is 0. The van der Waals surface area contributed by atoms with Gasteiger partial charge in [-0.25, -0.2) is 0 Å². The quantitative estimate of drug-likeness (QED) is 0.706. The SMILES string of the molecule is CC1(C)[C@@H](O)CC[C@@]2(C)[C@H]1CC[C@H]1C[C@H]3C[C@]12CC[C@]3(C)O. The summed E-state index contributed by atoms with van der Waals surface area (Å²) in [5.41, 5.74) is 0.424. The maximum atomic E-state index is 10.8. The minimum atomic E-state index is -0.432. The monoisotopic (exact) mass is 306 g/mol. The molecule has 2 heteroatoms. The fraction of sp³-hybridized carbons (Fsp3) is 1.00. The molecule has 2 nitrogen and oxygen atoms in total. The van der Waals surface area contributed by atoms with Crippen LogP contribution in [0.2, 0.25) is 0 Å². The molecular weight excluding hydrogens is 272 g/mol. The standard InChI is InChI=1S/C20H34O2/c1-17(2)15-6-5-13-11-14-12-20(13,10-9-19(14,4)22)18(15,3)8-7-16(17)21/h13-16,21-22H,5-12H2,1-4H3/t13-,14-,15-,16-,18-,19-,20+/m0/s1. The largest absolute Gasteiger partial charge is 0.393 e. The van der Waals surface area contributed by atoms with Crippen molar-refractivity contribution >= 4 is 0 Å². The third kappa shape index (κ3) is 1.64. The van der Waals surface area contributed by atoms with Gasteiger partial charge in [0.2, 0.25) is 0 Å². The van der Waals surface area contributed by atoms with Crippen LogP contribution >= 0.6 is 0 Å². The maximum absolute atomic E-state index is 10.8. The first kappa shape index (κ1) is 15.4. The van der Waals surface area contributed by atoms with E-state index in [1.807, 2.05) is 0 Å². The first-order valence-corrected chi connectivity index (χ1v) is 9.54. The molecule has 4 saturated carbocycles. The van der Waals surface area contributed by atoms with Crippen LogP contribution in [-0.4, -0.2) is 21.9 Å². The summed E-state index contributed by atoms with van der Waals surface area (Å²) in [6.07, 6.45) is 9.30. The lowest BCUT2D eigenvalue weighted by molar-refractivity contribution is -0.199. The van der Waals surface area contributed by atoms with E-state index in [9.17, 15) is 10.2 Å². The molecule has 4 aliphatic carbocycles. The Morgan fingerprint density at radius 2 is 1.59 bits per heavy atom. The molecule has 0 aromatic heterocycles. The minimum absolute atomic E-state index is 0.0464. The minimum Gasteiger partial charge on any atom is -0.393 e. The zero-order valence-corrected chi connectivity index (χ0v) is 14.9. The number of fused-ring (bicyclic) bond motifs is 2. The molecule has 22 heavy (non-hydrogen) atoms. The predicted octanol–water partition coefficient (Wildman–Crippen LogP) is 4.14. The van der Waals surface area contributed by atoms with Gasteiger partial charge in [-0.05, 0) is 92.3 Å². The van der Waals surface area contributed by atoms with Crippen molar-refractivity contribution in [1.29, 1.82) is 0 Å². The van der Waals surface area contributed by atoms with Crippen molar-refractivity contribution in [2.75, 3.05) is 0 Å². The lowest BCUT2D eigenvalue weighted by Gasteiger charge is -2.66. The molecule has 0 unspecified atom stereocenters. The summed E-state index contributed by atoms with van der Waals surface area (Å²) in [6.45, 7) is 9.25. The maximum Gasteiger partial charge on any atom is 0.0648 e. The smallest absolute Gasteiger partial charge is 0.0648 e. The molecule has 1 spiro atoms. The molecule has 0 amide bonds. The number of aliphatic hydroxyl groups excluding tert-OH is 1. The van der Waals surface area contributed by atoms with Gasteiger partial charge in [0.1, 0.15) is 0 Å². The molecular formula is C20H34O2. The van der Waals surface area contributed by atoms with Crippen molar-refractivity contribution in [3.8, 4) is 0 Å². The van der Waals surface area contributed by atoms with E-state index >= 15 is 0 Å². The first-order valence-electron chi connectivity index (χ1n) is 9.54. The van der Waals surface area contributed by atoms with Crippen LogP contribution < -0.4 is 0 Å². The van der Waals surface area contributed by atoms with Crippen LogP contribution in [0.1, 0.15) is 79.1 Å². The van der Waals surface area contributed by atoms with Crippen molar-refractivity contribution in [2.24, 2.45) is 34.0 Å². The van der Waals surface area contributed by atoms with Gasteiger partial charge in [-0.1, -0.05) is 20.8 Å². The molecule has 4 aliphatic rings. The van der Waals surface area contributed by atoms with Gasteiger partial charge in [-0.3, -0.25) is 0 Å². The molecule has 0 radical (unpaired) electrons. The second kappa shape index (κ2) is 4.30. The van der Waals surface area contributed by atoms with Crippen molar-refractivity contribution in [3.05, 3.63) is 0 Å². The Kier molecular flexibility index (Phi) is 3.02. The van der Waals surface area contributed by atoms with Crippen LogP contribution in [-0.2, 0) is 0 Å². The Hall–Kier alpha value is -0.0800. The van der Waals surface area contributed by atoms with Crippen molar-refractivity contribution in [1.82, 2.24) is 0 Å². The topological polar surface area (TPSA) is 40.5 Å². The molecule has 0 aromatic rings. The Bertz CT molecular complexity index is 482. The number of aliphatic hydroxyl groups is 2. The van der Waals surface area contributed by atoms with Crippen LogP contribution in [0.15, 0.2) is 0 Å². The molecule has 4 fully saturated rings. The lowest BCUT2D eigenvalue weighted by atomic mass is 9.39. The normalized spacial score (nSPS) is 59.7. The predicted molar refractivity (Wildman–Crippen MR) is 88.4 cm³/mol. The molecule has 0 saturated heterocycles. The van der Waals surface area contributed by atoms with Gasteiger partial charge in [0.15, 0.2) is 0 Å². The van der Waals surface area contributed by atoms with E-state index in [1.165, 1.54) is 38.5 Å². The summed E-state index contributed by atoms with van der Waals surface area (Å²) < 4.78 is 0. The van der Waals surface area contributed by atoms with E-state index in [1.54, 1.807) is 0 Å². The van der Waals surface area contributed by atoms with Crippen molar-refractivity contribution in [3.63, 3.8) is 0 Å². The average molecular weight is 306 g/mol. The summed E-state index contributed by atoms with van der Waals surface area (Å²) in [4.78, 5) is 0. The van der Waals surface area contributed by atoms with Crippen LogP contribution in [0.25, 0.3) is 0 Å². The van der Waals surface area contributed by atoms with Crippen LogP contribution in [0, 0.1) is 34.0 Å². The average Bonchev–Trinajstić information content (AvgIpc) is 2.78. The zero-order chi connectivity index (χ0) is 16.0. The third-order valence-electron chi connectivity index (χ3n) is 9.32. The fourth-order valence-electron chi connectivity index (χ4n) is 7.79. The molecule has 0 aromatic carbocycles. The van der Waals surface area contributed by atoms with Gasteiger partial charge in [-0.2, -0.15) is 0 Å². The number of hydrogen-bond acceptors (Lipinski definition) is 2. The molecule has 0 aliphatic heterocycles. The van der Waals surface area contributed by atoms with Crippen molar-refractivity contribution < 1.29 is 10.2 Å². The van der Waals surface area contributed by atoms with E-state index in [2.05, 4.69) is 27.7 Å². The van der Waals surface area contributed by atoms with Gasteiger partial charge >= 0.3 is 0 Å². The summed E-state index contributed by atoms with van der Waals surface area (Å²) in [6, 6.07) is 0. The zero-order valence-electron chi connectivity index (χ0n) is 14.9. The summed E-state index contributed by atoms with van der Waals surface area (Å²) in [7, 11) is 0. The Morgan fingerprint density at radius 3 is 2.32 bits per heavy atom. The molecule has 0 heterocycles. The van der Waals surface area contributed by atoms with Gasteiger partial charge in [-0.15, -0.1) is 0 Å². The Balaban J connectivity index is 1.76. The van der Waals surface area contributed by atoms with Crippen LogP contribution in [0.3, 0.4) is 0 Å².